The Kier molecular flexibility index (Phi) is 3.87. The van der Waals surface area contributed by atoms with Crippen LogP contribution in [0.4, 0.5) is 5.69 Å². The minimum absolute atomic E-state index is 0.836. The molecule has 0 aromatic heterocycles. The topological polar surface area (TPSA) is 29.3 Å². The standard InChI is InChI=1S/C13H19BrN2/c1-10-5-7-16(8-6-10)9-11-3-2-4-12(15)13(11)14/h2-4,10H,5-9,15H2,1H3. The fourth-order valence-corrected chi connectivity index (χ4v) is 2.57. The van der Waals surface area contributed by atoms with E-state index in [4.69, 9.17) is 5.73 Å². The average molecular weight is 283 g/mol. The molecule has 16 heavy (non-hydrogen) atoms. The van der Waals surface area contributed by atoms with Gasteiger partial charge in [0.2, 0.25) is 0 Å². The summed E-state index contributed by atoms with van der Waals surface area (Å²) >= 11 is 3.57. The van der Waals surface area contributed by atoms with E-state index in [1.165, 1.54) is 31.5 Å². The molecule has 88 valence electrons. The number of nitrogen functional groups attached to an aromatic ring is 1. The highest BCUT2D eigenvalue weighted by molar-refractivity contribution is 9.10. The van der Waals surface area contributed by atoms with Crippen molar-refractivity contribution in [3.05, 3.63) is 28.2 Å². The van der Waals surface area contributed by atoms with Crippen molar-refractivity contribution in [3.63, 3.8) is 0 Å². The van der Waals surface area contributed by atoms with E-state index in [1.54, 1.807) is 0 Å². The maximum Gasteiger partial charge on any atom is 0.0461 e. The van der Waals surface area contributed by atoms with Gasteiger partial charge in [-0.15, -0.1) is 0 Å². The number of hydrogen-bond acceptors (Lipinski definition) is 2. The number of piperidine rings is 1. The number of benzene rings is 1. The number of rotatable bonds is 2. The third-order valence-corrected chi connectivity index (χ3v) is 4.35. The van der Waals surface area contributed by atoms with Gasteiger partial charge in [-0.2, -0.15) is 0 Å². The quantitative estimate of drug-likeness (QED) is 0.844. The number of hydrogen-bond donors (Lipinski definition) is 1. The van der Waals surface area contributed by atoms with Crippen molar-refractivity contribution >= 4 is 21.6 Å². The van der Waals surface area contributed by atoms with Gasteiger partial charge in [-0.1, -0.05) is 19.1 Å². The molecule has 0 atom stereocenters. The third kappa shape index (κ3) is 2.77. The number of nitrogens with zero attached hydrogens (tertiary/aromatic N) is 1. The second-order valence-corrected chi connectivity index (χ2v) is 5.57. The lowest BCUT2D eigenvalue weighted by molar-refractivity contribution is 0.185. The summed E-state index contributed by atoms with van der Waals surface area (Å²) in [4.78, 5) is 2.51. The summed E-state index contributed by atoms with van der Waals surface area (Å²) in [5.41, 5.74) is 8.02. The first kappa shape index (κ1) is 11.9. The Morgan fingerprint density at radius 2 is 2.06 bits per heavy atom. The lowest BCUT2D eigenvalue weighted by Crippen LogP contribution is -2.32. The van der Waals surface area contributed by atoms with Crippen LogP contribution in [-0.4, -0.2) is 18.0 Å². The zero-order valence-corrected chi connectivity index (χ0v) is 11.3. The summed E-state index contributed by atoms with van der Waals surface area (Å²) < 4.78 is 1.06. The van der Waals surface area contributed by atoms with E-state index in [0.717, 1.165) is 22.6 Å². The zero-order valence-electron chi connectivity index (χ0n) is 9.75. The van der Waals surface area contributed by atoms with E-state index in [9.17, 15) is 0 Å². The largest absolute Gasteiger partial charge is 0.398 e. The molecule has 1 saturated heterocycles. The first-order chi connectivity index (χ1) is 7.66. The Morgan fingerprint density at radius 1 is 1.38 bits per heavy atom. The van der Waals surface area contributed by atoms with Crippen molar-refractivity contribution in [1.82, 2.24) is 4.90 Å². The van der Waals surface area contributed by atoms with E-state index in [0.29, 0.717) is 0 Å². The van der Waals surface area contributed by atoms with E-state index >= 15 is 0 Å². The van der Waals surface area contributed by atoms with Gasteiger partial charge in [0, 0.05) is 16.7 Å². The third-order valence-electron chi connectivity index (χ3n) is 3.38. The SMILES string of the molecule is CC1CCN(Cc2cccc(N)c2Br)CC1. The van der Waals surface area contributed by atoms with E-state index in [1.807, 2.05) is 12.1 Å². The van der Waals surface area contributed by atoms with Crippen molar-refractivity contribution < 1.29 is 0 Å². The number of likely N-dealkylation sites (tertiary alicyclic amines) is 1. The van der Waals surface area contributed by atoms with Gasteiger partial charge in [0.1, 0.15) is 0 Å². The highest BCUT2D eigenvalue weighted by Crippen LogP contribution is 2.26. The summed E-state index contributed by atoms with van der Waals surface area (Å²) in [6.07, 6.45) is 2.64. The van der Waals surface area contributed by atoms with Crippen LogP contribution in [-0.2, 0) is 6.54 Å². The predicted molar refractivity (Wildman–Crippen MR) is 72.2 cm³/mol. The van der Waals surface area contributed by atoms with Crippen LogP contribution in [0.3, 0.4) is 0 Å². The van der Waals surface area contributed by atoms with Crippen LogP contribution in [0.25, 0.3) is 0 Å². The molecular formula is C13H19BrN2. The molecule has 1 aliphatic rings. The highest BCUT2D eigenvalue weighted by Gasteiger charge is 2.16. The normalized spacial score (nSPS) is 18.9. The van der Waals surface area contributed by atoms with Gasteiger partial charge in [0.05, 0.1) is 0 Å². The lowest BCUT2D eigenvalue weighted by atomic mass is 9.99. The fraction of sp³-hybridized carbons (Fsp3) is 0.538. The van der Waals surface area contributed by atoms with Crippen LogP contribution < -0.4 is 5.73 Å². The van der Waals surface area contributed by atoms with Gasteiger partial charge in [0.15, 0.2) is 0 Å². The number of anilines is 1. The molecule has 0 spiro atoms. The molecule has 1 fully saturated rings. The molecule has 0 unspecified atom stereocenters. The monoisotopic (exact) mass is 282 g/mol. The van der Waals surface area contributed by atoms with Crippen LogP contribution in [0.5, 0.6) is 0 Å². The summed E-state index contributed by atoms with van der Waals surface area (Å²) in [7, 11) is 0. The predicted octanol–water partition coefficient (Wildman–Crippen LogP) is 3.26. The summed E-state index contributed by atoms with van der Waals surface area (Å²) in [5, 5.41) is 0. The van der Waals surface area contributed by atoms with E-state index < -0.39 is 0 Å². The molecule has 0 amide bonds. The van der Waals surface area contributed by atoms with Gasteiger partial charge >= 0.3 is 0 Å². The molecule has 0 bridgehead atoms. The van der Waals surface area contributed by atoms with Crippen LogP contribution in [0.2, 0.25) is 0 Å². The summed E-state index contributed by atoms with van der Waals surface area (Å²) in [5.74, 6) is 0.889. The van der Waals surface area contributed by atoms with E-state index in [-0.39, 0.29) is 0 Å². The molecule has 1 heterocycles. The Hall–Kier alpha value is -0.540. The minimum Gasteiger partial charge on any atom is -0.398 e. The Labute approximate surface area is 106 Å². The van der Waals surface area contributed by atoms with Gasteiger partial charge in [-0.3, -0.25) is 4.90 Å². The fourth-order valence-electron chi connectivity index (χ4n) is 2.18. The first-order valence-electron chi connectivity index (χ1n) is 5.92. The maximum atomic E-state index is 5.88. The second kappa shape index (κ2) is 5.19. The van der Waals surface area contributed by atoms with Crippen molar-refractivity contribution in [3.8, 4) is 0 Å². The van der Waals surface area contributed by atoms with Gasteiger partial charge in [-0.05, 0) is 59.4 Å². The molecule has 1 aliphatic heterocycles. The number of nitrogens with two attached hydrogens (primary N) is 1. The minimum atomic E-state index is 0.836. The van der Waals surface area contributed by atoms with Gasteiger partial charge in [-0.25, -0.2) is 0 Å². The number of halogens is 1. The van der Waals surface area contributed by atoms with Crippen molar-refractivity contribution in [2.45, 2.75) is 26.3 Å². The lowest BCUT2D eigenvalue weighted by Gasteiger charge is -2.30. The first-order valence-corrected chi connectivity index (χ1v) is 6.71. The van der Waals surface area contributed by atoms with Crippen LogP contribution in [0, 0.1) is 5.92 Å². The molecule has 1 aromatic rings. The van der Waals surface area contributed by atoms with Gasteiger partial charge in [0.25, 0.3) is 0 Å². The Bertz CT molecular complexity index is 357. The highest BCUT2D eigenvalue weighted by atomic mass is 79.9. The Morgan fingerprint density at radius 3 is 2.75 bits per heavy atom. The van der Waals surface area contributed by atoms with Crippen LogP contribution in [0.15, 0.2) is 22.7 Å². The molecule has 3 heteroatoms. The zero-order chi connectivity index (χ0) is 11.5. The molecule has 0 saturated carbocycles. The van der Waals surface area contributed by atoms with Crippen LogP contribution >= 0.6 is 15.9 Å². The summed E-state index contributed by atoms with van der Waals surface area (Å²) in [6, 6.07) is 6.12. The van der Waals surface area contributed by atoms with Gasteiger partial charge < -0.3 is 5.73 Å². The average Bonchev–Trinajstić information content (AvgIpc) is 2.28. The molecule has 0 radical (unpaired) electrons. The van der Waals surface area contributed by atoms with Crippen LogP contribution in [0.1, 0.15) is 25.3 Å². The van der Waals surface area contributed by atoms with Crippen molar-refractivity contribution in [2.24, 2.45) is 5.92 Å². The molecule has 2 nitrogen and oxygen atoms in total. The van der Waals surface area contributed by atoms with Crippen molar-refractivity contribution in [2.75, 3.05) is 18.8 Å². The van der Waals surface area contributed by atoms with Crippen molar-refractivity contribution in [1.29, 1.82) is 0 Å². The molecule has 0 aliphatic carbocycles. The Balaban J connectivity index is 2.01. The summed E-state index contributed by atoms with van der Waals surface area (Å²) in [6.45, 7) is 5.77. The smallest absolute Gasteiger partial charge is 0.0461 e. The molecule has 2 N–H and O–H groups in total. The molecular weight excluding hydrogens is 264 g/mol. The van der Waals surface area contributed by atoms with E-state index in [2.05, 4.69) is 33.8 Å². The maximum absolute atomic E-state index is 5.88. The second-order valence-electron chi connectivity index (χ2n) is 4.78. The molecule has 1 aromatic carbocycles. The molecule has 2 rings (SSSR count).